The van der Waals surface area contributed by atoms with Crippen LogP contribution in [0.25, 0.3) is 0 Å². The van der Waals surface area contributed by atoms with Gasteiger partial charge in [0.25, 0.3) is 0 Å². The minimum atomic E-state index is 0.121. The van der Waals surface area contributed by atoms with Crippen LogP contribution in [-0.4, -0.2) is 7.11 Å². The second-order valence-electron chi connectivity index (χ2n) is 4.59. The fourth-order valence-electron chi connectivity index (χ4n) is 2.08. The van der Waals surface area contributed by atoms with E-state index in [-0.39, 0.29) is 6.04 Å². The Hall–Kier alpha value is -1.67. The molecular weight excluding hydrogens is 258 g/mol. The second-order valence-corrected chi connectivity index (χ2v) is 5.00. The Labute approximate surface area is 119 Å². The van der Waals surface area contributed by atoms with Crippen molar-refractivity contribution in [3.05, 3.63) is 58.6 Å². The highest BCUT2D eigenvalue weighted by molar-refractivity contribution is 6.33. The van der Waals surface area contributed by atoms with Crippen LogP contribution in [0.3, 0.4) is 0 Å². The molecule has 1 N–H and O–H groups in total. The molecule has 0 radical (unpaired) electrons. The highest BCUT2D eigenvalue weighted by atomic mass is 35.5. The molecule has 0 aliphatic carbocycles. The molecule has 2 aromatic carbocycles. The highest BCUT2D eigenvalue weighted by Gasteiger charge is 2.12. The molecule has 0 spiro atoms. The van der Waals surface area contributed by atoms with Gasteiger partial charge in [0.1, 0.15) is 5.75 Å². The maximum Gasteiger partial charge on any atom is 0.124 e. The fourth-order valence-corrected chi connectivity index (χ4v) is 2.26. The summed E-state index contributed by atoms with van der Waals surface area (Å²) in [6.07, 6.45) is 0. The van der Waals surface area contributed by atoms with Gasteiger partial charge in [0.05, 0.1) is 23.9 Å². The number of para-hydroxylation sites is 1. The van der Waals surface area contributed by atoms with E-state index in [1.807, 2.05) is 36.4 Å². The van der Waals surface area contributed by atoms with Gasteiger partial charge >= 0.3 is 0 Å². The van der Waals surface area contributed by atoms with Crippen LogP contribution in [0.4, 0.5) is 5.69 Å². The van der Waals surface area contributed by atoms with Crippen molar-refractivity contribution in [2.45, 2.75) is 19.9 Å². The van der Waals surface area contributed by atoms with Crippen molar-refractivity contribution in [1.82, 2.24) is 0 Å². The highest BCUT2D eigenvalue weighted by Crippen LogP contribution is 2.30. The lowest BCUT2D eigenvalue weighted by molar-refractivity contribution is 0.408. The molecule has 0 heterocycles. The van der Waals surface area contributed by atoms with Crippen molar-refractivity contribution in [3.63, 3.8) is 0 Å². The van der Waals surface area contributed by atoms with E-state index in [0.29, 0.717) is 0 Å². The SMILES string of the molecule is COc1ccccc1C(C)Nc1cc(C)ccc1Cl. The Morgan fingerprint density at radius 2 is 1.89 bits per heavy atom. The Bertz CT molecular complexity index is 568. The third-order valence-electron chi connectivity index (χ3n) is 3.10. The Kier molecular flexibility index (Phi) is 4.33. The van der Waals surface area contributed by atoms with Gasteiger partial charge in [0.2, 0.25) is 0 Å². The van der Waals surface area contributed by atoms with Crippen LogP contribution in [0.15, 0.2) is 42.5 Å². The lowest BCUT2D eigenvalue weighted by Crippen LogP contribution is -2.08. The lowest BCUT2D eigenvalue weighted by atomic mass is 10.1. The van der Waals surface area contributed by atoms with Crippen LogP contribution in [-0.2, 0) is 0 Å². The summed E-state index contributed by atoms with van der Waals surface area (Å²) in [6.45, 7) is 4.14. The number of hydrogen-bond donors (Lipinski definition) is 1. The summed E-state index contributed by atoms with van der Waals surface area (Å²) >= 11 is 6.21. The molecular formula is C16H18ClNO. The molecule has 0 saturated heterocycles. The average molecular weight is 276 g/mol. The minimum Gasteiger partial charge on any atom is -0.496 e. The van der Waals surface area contributed by atoms with Crippen molar-refractivity contribution in [3.8, 4) is 5.75 Å². The number of hydrogen-bond acceptors (Lipinski definition) is 2. The molecule has 1 unspecified atom stereocenters. The molecule has 0 saturated carbocycles. The summed E-state index contributed by atoms with van der Waals surface area (Å²) in [5, 5.41) is 4.16. The van der Waals surface area contributed by atoms with Gasteiger partial charge in [-0.25, -0.2) is 0 Å². The summed E-state index contributed by atoms with van der Waals surface area (Å²) in [5.74, 6) is 0.881. The molecule has 0 fully saturated rings. The van der Waals surface area contributed by atoms with Gasteiger partial charge in [0.15, 0.2) is 0 Å². The average Bonchev–Trinajstić information content (AvgIpc) is 2.42. The molecule has 0 amide bonds. The van der Waals surface area contributed by atoms with Crippen molar-refractivity contribution in [2.24, 2.45) is 0 Å². The monoisotopic (exact) mass is 275 g/mol. The first kappa shape index (κ1) is 13.8. The first-order chi connectivity index (χ1) is 9.11. The van der Waals surface area contributed by atoms with E-state index in [4.69, 9.17) is 16.3 Å². The molecule has 19 heavy (non-hydrogen) atoms. The van der Waals surface area contributed by atoms with Gasteiger partial charge in [-0.1, -0.05) is 35.9 Å². The molecule has 2 aromatic rings. The molecule has 0 aliphatic rings. The van der Waals surface area contributed by atoms with Crippen LogP contribution in [0, 0.1) is 6.92 Å². The van der Waals surface area contributed by atoms with E-state index >= 15 is 0 Å². The van der Waals surface area contributed by atoms with E-state index in [0.717, 1.165) is 22.0 Å². The molecule has 3 heteroatoms. The van der Waals surface area contributed by atoms with Gasteiger partial charge in [-0.2, -0.15) is 0 Å². The van der Waals surface area contributed by atoms with Crippen LogP contribution in [0.5, 0.6) is 5.75 Å². The zero-order valence-electron chi connectivity index (χ0n) is 11.4. The second kappa shape index (κ2) is 5.98. The first-order valence-electron chi connectivity index (χ1n) is 6.27. The predicted molar refractivity (Wildman–Crippen MR) is 81.2 cm³/mol. The molecule has 0 bridgehead atoms. The van der Waals surface area contributed by atoms with E-state index in [9.17, 15) is 0 Å². The third kappa shape index (κ3) is 3.21. The number of aryl methyl sites for hydroxylation is 1. The smallest absolute Gasteiger partial charge is 0.124 e. The fraction of sp³-hybridized carbons (Fsp3) is 0.250. The zero-order chi connectivity index (χ0) is 13.8. The zero-order valence-corrected chi connectivity index (χ0v) is 12.2. The van der Waals surface area contributed by atoms with E-state index in [1.165, 1.54) is 5.56 Å². The summed E-state index contributed by atoms with van der Waals surface area (Å²) in [5.41, 5.74) is 3.24. The van der Waals surface area contributed by atoms with Gasteiger partial charge in [-0.3, -0.25) is 0 Å². The summed E-state index contributed by atoms with van der Waals surface area (Å²) in [7, 11) is 1.69. The normalized spacial score (nSPS) is 12.0. The number of halogens is 1. The van der Waals surface area contributed by atoms with Crippen LogP contribution < -0.4 is 10.1 Å². The summed E-state index contributed by atoms with van der Waals surface area (Å²) in [4.78, 5) is 0. The topological polar surface area (TPSA) is 21.3 Å². The Balaban J connectivity index is 2.25. The van der Waals surface area contributed by atoms with Crippen LogP contribution >= 0.6 is 11.6 Å². The maximum atomic E-state index is 6.21. The van der Waals surface area contributed by atoms with Gasteiger partial charge < -0.3 is 10.1 Å². The van der Waals surface area contributed by atoms with Crippen LogP contribution in [0.1, 0.15) is 24.1 Å². The molecule has 2 rings (SSSR count). The number of ether oxygens (including phenoxy) is 1. The Morgan fingerprint density at radius 3 is 2.63 bits per heavy atom. The van der Waals surface area contributed by atoms with Crippen molar-refractivity contribution in [2.75, 3.05) is 12.4 Å². The Morgan fingerprint density at radius 1 is 1.16 bits per heavy atom. The summed E-state index contributed by atoms with van der Waals surface area (Å²) < 4.78 is 5.39. The van der Waals surface area contributed by atoms with E-state index in [1.54, 1.807) is 7.11 Å². The van der Waals surface area contributed by atoms with E-state index in [2.05, 4.69) is 25.2 Å². The molecule has 1 atom stereocenters. The van der Waals surface area contributed by atoms with Crippen LogP contribution in [0.2, 0.25) is 5.02 Å². The number of rotatable bonds is 4. The minimum absolute atomic E-state index is 0.121. The lowest BCUT2D eigenvalue weighted by Gasteiger charge is -2.19. The number of methoxy groups -OCH3 is 1. The van der Waals surface area contributed by atoms with Crippen molar-refractivity contribution < 1.29 is 4.74 Å². The third-order valence-corrected chi connectivity index (χ3v) is 3.43. The largest absolute Gasteiger partial charge is 0.496 e. The number of anilines is 1. The van der Waals surface area contributed by atoms with Gasteiger partial charge in [0, 0.05) is 5.56 Å². The van der Waals surface area contributed by atoms with Crippen molar-refractivity contribution >= 4 is 17.3 Å². The number of benzene rings is 2. The quantitative estimate of drug-likeness (QED) is 0.863. The maximum absolute atomic E-state index is 6.21. The molecule has 0 aromatic heterocycles. The summed E-state index contributed by atoms with van der Waals surface area (Å²) in [6, 6.07) is 14.1. The van der Waals surface area contributed by atoms with Crippen molar-refractivity contribution in [1.29, 1.82) is 0 Å². The van der Waals surface area contributed by atoms with E-state index < -0.39 is 0 Å². The molecule has 100 valence electrons. The predicted octanol–water partition coefficient (Wildman–Crippen LogP) is 4.83. The first-order valence-corrected chi connectivity index (χ1v) is 6.65. The standard InChI is InChI=1S/C16H18ClNO/c1-11-8-9-14(17)15(10-11)18-12(2)13-6-4-5-7-16(13)19-3/h4-10,12,18H,1-3H3. The molecule has 2 nitrogen and oxygen atoms in total. The molecule has 0 aliphatic heterocycles. The van der Waals surface area contributed by atoms with Gasteiger partial charge in [-0.15, -0.1) is 0 Å². The number of nitrogens with one attached hydrogen (secondary N) is 1. The van der Waals surface area contributed by atoms with Gasteiger partial charge in [-0.05, 0) is 37.6 Å².